The Labute approximate surface area is 95.8 Å². The monoisotopic (exact) mass is 238 g/mol. The molecule has 0 fully saturated rings. The molecule has 0 radical (unpaired) electrons. The molecule has 5 nitrogen and oxygen atoms in total. The van der Waals surface area contributed by atoms with Crippen molar-refractivity contribution in [2.75, 3.05) is 11.9 Å². The lowest BCUT2D eigenvalue weighted by Crippen LogP contribution is -2.19. The minimum absolute atomic E-state index is 0.144. The van der Waals surface area contributed by atoms with Gasteiger partial charge in [-0.15, -0.1) is 0 Å². The zero-order chi connectivity index (χ0) is 11.7. The fourth-order valence-electron chi connectivity index (χ4n) is 1.52. The number of pyridine rings is 1. The van der Waals surface area contributed by atoms with Crippen molar-refractivity contribution in [3.63, 3.8) is 0 Å². The zero-order valence-corrected chi connectivity index (χ0v) is 8.78. The summed E-state index contributed by atoms with van der Waals surface area (Å²) in [7, 11) is 0. The van der Waals surface area contributed by atoms with Crippen LogP contribution in [0.15, 0.2) is 18.3 Å². The van der Waals surface area contributed by atoms with Crippen LogP contribution in [0.3, 0.4) is 0 Å². The van der Waals surface area contributed by atoms with E-state index in [1.54, 1.807) is 6.07 Å². The first-order valence-electron chi connectivity index (χ1n) is 4.48. The average molecular weight is 239 g/mol. The van der Waals surface area contributed by atoms with Crippen LogP contribution in [0.1, 0.15) is 5.56 Å². The van der Waals surface area contributed by atoms with Crippen molar-refractivity contribution < 1.29 is 14.7 Å². The number of nitrogens with one attached hydrogen (secondary N) is 1. The molecule has 2 N–H and O–H groups in total. The van der Waals surface area contributed by atoms with Crippen LogP contribution in [-0.2, 0) is 9.59 Å². The van der Waals surface area contributed by atoms with Gasteiger partial charge in [0.1, 0.15) is 0 Å². The van der Waals surface area contributed by atoms with Gasteiger partial charge in [-0.3, -0.25) is 4.79 Å². The van der Waals surface area contributed by atoms with Crippen LogP contribution in [0.25, 0.3) is 5.57 Å². The number of halogens is 1. The molecule has 1 aliphatic heterocycles. The summed E-state index contributed by atoms with van der Waals surface area (Å²) in [4.78, 5) is 25.9. The summed E-state index contributed by atoms with van der Waals surface area (Å²) in [5, 5.41) is 11.8. The molecule has 0 bridgehead atoms. The van der Waals surface area contributed by atoms with Gasteiger partial charge in [0, 0.05) is 23.9 Å². The molecule has 82 valence electrons. The van der Waals surface area contributed by atoms with Crippen LogP contribution in [0.4, 0.5) is 5.69 Å². The van der Waals surface area contributed by atoms with E-state index in [2.05, 4.69) is 10.3 Å². The molecule has 2 heterocycles. The number of aliphatic carboxylic acids is 1. The smallest absolute Gasteiger partial charge is 0.377 e. The highest BCUT2D eigenvalue weighted by molar-refractivity contribution is 6.52. The van der Waals surface area contributed by atoms with Crippen molar-refractivity contribution in [1.29, 1.82) is 0 Å². The molecule has 1 aliphatic rings. The zero-order valence-electron chi connectivity index (χ0n) is 8.03. The van der Waals surface area contributed by atoms with Crippen LogP contribution < -0.4 is 5.32 Å². The van der Waals surface area contributed by atoms with E-state index in [9.17, 15) is 9.59 Å². The summed E-state index contributed by atoms with van der Waals surface area (Å²) < 4.78 is 0. The SMILES string of the molecule is O=C(O)C(=O)C1=CCNc2c1ccnc2Cl. The van der Waals surface area contributed by atoms with Crippen molar-refractivity contribution in [1.82, 2.24) is 4.98 Å². The summed E-state index contributed by atoms with van der Waals surface area (Å²) >= 11 is 5.83. The third kappa shape index (κ3) is 1.65. The van der Waals surface area contributed by atoms with E-state index >= 15 is 0 Å². The van der Waals surface area contributed by atoms with Gasteiger partial charge in [-0.05, 0) is 6.07 Å². The van der Waals surface area contributed by atoms with E-state index < -0.39 is 11.8 Å². The quantitative estimate of drug-likeness (QED) is 0.598. The van der Waals surface area contributed by atoms with Crippen LogP contribution in [0.5, 0.6) is 0 Å². The summed E-state index contributed by atoms with van der Waals surface area (Å²) in [6.07, 6.45) is 2.95. The summed E-state index contributed by atoms with van der Waals surface area (Å²) in [6, 6.07) is 1.56. The number of anilines is 1. The van der Waals surface area contributed by atoms with Gasteiger partial charge in [-0.25, -0.2) is 9.78 Å². The molecular weight excluding hydrogens is 232 g/mol. The Morgan fingerprint density at radius 3 is 2.94 bits per heavy atom. The minimum atomic E-state index is -1.48. The Balaban J connectivity index is 2.53. The maximum absolute atomic E-state index is 11.4. The number of Topliss-reactive ketones (excluding diaryl/α,β-unsaturated/α-hetero) is 1. The first-order valence-corrected chi connectivity index (χ1v) is 4.85. The topological polar surface area (TPSA) is 79.3 Å². The highest BCUT2D eigenvalue weighted by atomic mass is 35.5. The molecule has 2 rings (SSSR count). The van der Waals surface area contributed by atoms with Crippen molar-refractivity contribution in [3.8, 4) is 0 Å². The standard InChI is InChI=1S/C10H7ClN2O3/c11-9-7-5(1-4-13-9)6(2-3-12-7)8(14)10(15)16/h1-2,4,12H,3H2,(H,15,16). The van der Waals surface area contributed by atoms with Gasteiger partial charge >= 0.3 is 5.97 Å². The third-order valence-electron chi connectivity index (χ3n) is 2.22. The lowest BCUT2D eigenvalue weighted by Gasteiger charge is -2.17. The van der Waals surface area contributed by atoms with E-state index in [0.29, 0.717) is 17.8 Å². The number of fused-ring (bicyclic) bond motifs is 1. The van der Waals surface area contributed by atoms with Crippen molar-refractivity contribution in [3.05, 3.63) is 29.1 Å². The third-order valence-corrected chi connectivity index (χ3v) is 2.51. The molecule has 1 aromatic heterocycles. The highest BCUT2D eigenvalue weighted by Crippen LogP contribution is 2.32. The van der Waals surface area contributed by atoms with Gasteiger partial charge in [0.15, 0.2) is 5.15 Å². The number of carboxylic acid groups (broad SMARTS) is 1. The lowest BCUT2D eigenvalue weighted by molar-refractivity contribution is -0.146. The van der Waals surface area contributed by atoms with Crippen LogP contribution in [-0.4, -0.2) is 28.4 Å². The number of aromatic nitrogens is 1. The number of ketones is 1. The molecule has 0 atom stereocenters. The van der Waals surface area contributed by atoms with Gasteiger partial charge in [-0.2, -0.15) is 0 Å². The van der Waals surface area contributed by atoms with E-state index in [-0.39, 0.29) is 10.7 Å². The summed E-state index contributed by atoms with van der Waals surface area (Å²) in [6.45, 7) is 0.354. The van der Waals surface area contributed by atoms with E-state index in [1.807, 2.05) is 0 Å². The Hall–Kier alpha value is -1.88. The Bertz CT molecular complexity index is 511. The highest BCUT2D eigenvalue weighted by Gasteiger charge is 2.24. The van der Waals surface area contributed by atoms with Crippen molar-refractivity contribution in [2.45, 2.75) is 0 Å². The first kappa shape index (κ1) is 10.6. The predicted molar refractivity (Wildman–Crippen MR) is 58.4 cm³/mol. The van der Waals surface area contributed by atoms with Crippen molar-refractivity contribution in [2.24, 2.45) is 0 Å². The maximum Gasteiger partial charge on any atom is 0.377 e. The summed E-state index contributed by atoms with van der Waals surface area (Å²) in [5.41, 5.74) is 1.11. The number of hydrogen-bond acceptors (Lipinski definition) is 4. The van der Waals surface area contributed by atoms with Gasteiger partial charge in [0.25, 0.3) is 5.78 Å². The molecule has 0 amide bonds. The lowest BCUT2D eigenvalue weighted by atomic mass is 9.98. The predicted octanol–water partition coefficient (Wildman–Crippen LogP) is 1.20. The normalized spacial score (nSPS) is 13.4. The van der Waals surface area contributed by atoms with Crippen molar-refractivity contribution >= 4 is 34.6 Å². The second kappa shape index (κ2) is 3.94. The molecule has 0 spiro atoms. The largest absolute Gasteiger partial charge is 0.475 e. The molecule has 0 unspecified atom stereocenters. The van der Waals surface area contributed by atoms with E-state index in [0.717, 1.165) is 0 Å². The van der Waals surface area contributed by atoms with Crippen LogP contribution in [0, 0.1) is 0 Å². The Morgan fingerprint density at radius 1 is 1.50 bits per heavy atom. The second-order valence-corrected chi connectivity index (χ2v) is 3.52. The molecule has 6 heteroatoms. The second-order valence-electron chi connectivity index (χ2n) is 3.16. The number of carbonyl (C=O) groups excluding carboxylic acids is 1. The maximum atomic E-state index is 11.4. The van der Waals surface area contributed by atoms with Gasteiger partial charge in [0.2, 0.25) is 0 Å². The number of rotatable bonds is 2. The average Bonchev–Trinajstić information content (AvgIpc) is 2.28. The Kier molecular flexibility index (Phi) is 2.62. The molecule has 0 aromatic carbocycles. The Morgan fingerprint density at radius 2 is 2.25 bits per heavy atom. The fraction of sp³-hybridized carbons (Fsp3) is 0.100. The van der Waals surface area contributed by atoms with Crippen LogP contribution >= 0.6 is 11.6 Å². The molecule has 0 saturated carbocycles. The number of carboxylic acids is 1. The van der Waals surface area contributed by atoms with Crippen LogP contribution in [0.2, 0.25) is 5.15 Å². The fourth-order valence-corrected chi connectivity index (χ4v) is 1.75. The molecule has 16 heavy (non-hydrogen) atoms. The molecular formula is C10H7ClN2O3. The van der Waals surface area contributed by atoms with Gasteiger partial charge < -0.3 is 10.4 Å². The number of nitrogens with zero attached hydrogens (tertiary/aromatic N) is 1. The molecule has 0 aliphatic carbocycles. The molecule has 1 aromatic rings. The first-order chi connectivity index (χ1) is 7.61. The number of carbonyl (C=O) groups is 2. The van der Waals surface area contributed by atoms with Gasteiger partial charge in [-0.1, -0.05) is 17.7 Å². The van der Waals surface area contributed by atoms with Gasteiger partial charge in [0.05, 0.1) is 5.69 Å². The summed E-state index contributed by atoms with van der Waals surface area (Å²) in [5.74, 6) is -2.42. The van der Waals surface area contributed by atoms with E-state index in [4.69, 9.17) is 16.7 Å². The minimum Gasteiger partial charge on any atom is -0.475 e. The van der Waals surface area contributed by atoms with E-state index in [1.165, 1.54) is 12.3 Å². The molecule has 0 saturated heterocycles. The number of hydrogen-bond donors (Lipinski definition) is 2.